The molecule has 0 aromatic carbocycles. The van der Waals surface area contributed by atoms with Crippen LogP contribution in [0.3, 0.4) is 0 Å². The minimum atomic E-state index is -0.0301. The molecular formula is C5H8N4OS. The second-order valence-corrected chi connectivity index (χ2v) is 2.90. The summed E-state index contributed by atoms with van der Waals surface area (Å²) in [6, 6.07) is 0. The Morgan fingerprint density at radius 2 is 2.45 bits per heavy atom. The Kier molecular flexibility index (Phi) is 2.40. The molecule has 0 atom stereocenters. The molecule has 0 aliphatic rings. The predicted octanol–water partition coefficient (Wildman–Crippen LogP) is -0.460. The molecule has 0 unspecified atom stereocenters. The Hall–Kier alpha value is -1.14. The first-order chi connectivity index (χ1) is 5.22. The predicted molar refractivity (Wildman–Crippen MR) is 43.5 cm³/mol. The van der Waals surface area contributed by atoms with E-state index in [1.54, 1.807) is 0 Å². The summed E-state index contributed by atoms with van der Waals surface area (Å²) in [5.41, 5.74) is 10.2. The van der Waals surface area contributed by atoms with Crippen LogP contribution in [0, 0.1) is 0 Å². The zero-order valence-corrected chi connectivity index (χ0v) is 6.51. The molecule has 0 aliphatic carbocycles. The van der Waals surface area contributed by atoms with Gasteiger partial charge >= 0.3 is 0 Å². The van der Waals surface area contributed by atoms with Crippen LogP contribution < -0.4 is 11.5 Å². The molecule has 0 radical (unpaired) electrons. The van der Waals surface area contributed by atoms with E-state index in [-0.39, 0.29) is 12.6 Å². The van der Waals surface area contributed by atoms with E-state index in [1.807, 2.05) is 0 Å². The van der Waals surface area contributed by atoms with Crippen molar-refractivity contribution in [2.24, 2.45) is 16.5 Å². The Labute approximate surface area is 67.4 Å². The van der Waals surface area contributed by atoms with Gasteiger partial charge in [-0.2, -0.15) is 4.99 Å². The highest BCUT2D eigenvalue weighted by Crippen LogP contribution is 2.20. The lowest BCUT2D eigenvalue weighted by molar-refractivity contribution is 0.285. The number of aliphatic imine (C=N–C) groups is 1. The molecule has 5 N–H and O–H groups in total. The van der Waals surface area contributed by atoms with Gasteiger partial charge in [-0.3, -0.25) is 0 Å². The van der Waals surface area contributed by atoms with Crippen LogP contribution in [0.1, 0.15) is 4.88 Å². The SMILES string of the molecule is NC(N)=Nc1ncc(CO)s1. The average Bonchev–Trinajstić information content (AvgIpc) is 2.34. The summed E-state index contributed by atoms with van der Waals surface area (Å²) in [5, 5.41) is 9.11. The lowest BCUT2D eigenvalue weighted by Gasteiger charge is -1.85. The number of nitrogens with zero attached hydrogens (tertiary/aromatic N) is 2. The van der Waals surface area contributed by atoms with Gasteiger partial charge in [0.15, 0.2) is 5.96 Å². The number of rotatable bonds is 2. The number of aliphatic hydroxyl groups excluding tert-OH is 1. The van der Waals surface area contributed by atoms with Crippen LogP contribution in [-0.4, -0.2) is 16.1 Å². The standard InChI is InChI=1S/C5H8N4OS/c6-4(7)9-5-8-1-3(2-10)11-5/h1,10H,2H2,(H4,6,7,8,9). The zero-order chi connectivity index (χ0) is 8.27. The van der Waals surface area contributed by atoms with E-state index in [9.17, 15) is 0 Å². The van der Waals surface area contributed by atoms with E-state index < -0.39 is 0 Å². The van der Waals surface area contributed by atoms with Gasteiger partial charge in [-0.05, 0) is 0 Å². The van der Waals surface area contributed by atoms with Crippen LogP contribution in [-0.2, 0) is 6.61 Å². The summed E-state index contributed by atoms with van der Waals surface area (Å²) < 4.78 is 0. The number of hydrogen-bond acceptors (Lipinski definition) is 4. The maximum Gasteiger partial charge on any atom is 0.212 e. The highest BCUT2D eigenvalue weighted by Gasteiger charge is 1.97. The molecular weight excluding hydrogens is 164 g/mol. The summed E-state index contributed by atoms with van der Waals surface area (Å²) in [6.45, 7) is -0.0301. The van der Waals surface area contributed by atoms with Gasteiger partial charge in [0, 0.05) is 6.20 Å². The van der Waals surface area contributed by atoms with Crippen LogP contribution in [0.25, 0.3) is 0 Å². The lowest BCUT2D eigenvalue weighted by atomic mass is 10.6. The third-order valence-corrected chi connectivity index (χ3v) is 1.80. The fourth-order valence-corrected chi connectivity index (χ4v) is 1.19. The molecule has 0 saturated carbocycles. The van der Waals surface area contributed by atoms with E-state index in [4.69, 9.17) is 16.6 Å². The van der Waals surface area contributed by atoms with Crippen LogP contribution in [0.2, 0.25) is 0 Å². The Morgan fingerprint density at radius 1 is 1.73 bits per heavy atom. The topological polar surface area (TPSA) is 97.5 Å². The van der Waals surface area contributed by atoms with Gasteiger partial charge in [0.05, 0.1) is 11.5 Å². The smallest absolute Gasteiger partial charge is 0.212 e. The highest BCUT2D eigenvalue weighted by molar-refractivity contribution is 7.15. The maximum atomic E-state index is 8.64. The molecule has 11 heavy (non-hydrogen) atoms. The van der Waals surface area contributed by atoms with Gasteiger partial charge in [-0.1, -0.05) is 11.3 Å². The van der Waals surface area contributed by atoms with Gasteiger partial charge in [0.25, 0.3) is 0 Å². The first-order valence-corrected chi connectivity index (χ1v) is 3.69. The van der Waals surface area contributed by atoms with Crippen molar-refractivity contribution in [3.8, 4) is 0 Å². The molecule has 0 bridgehead atoms. The molecule has 1 aromatic rings. The molecule has 6 heteroatoms. The van der Waals surface area contributed by atoms with Crippen molar-refractivity contribution in [2.45, 2.75) is 6.61 Å². The quantitative estimate of drug-likeness (QED) is 0.415. The molecule has 0 amide bonds. The minimum absolute atomic E-state index is 0.0242. The van der Waals surface area contributed by atoms with E-state index in [0.29, 0.717) is 5.13 Å². The average molecular weight is 172 g/mol. The van der Waals surface area contributed by atoms with Gasteiger partial charge < -0.3 is 16.6 Å². The van der Waals surface area contributed by atoms with Crippen molar-refractivity contribution < 1.29 is 5.11 Å². The molecule has 0 spiro atoms. The molecule has 0 aliphatic heterocycles. The molecule has 0 saturated heterocycles. The second kappa shape index (κ2) is 3.31. The third kappa shape index (κ3) is 2.17. The van der Waals surface area contributed by atoms with Crippen molar-refractivity contribution in [3.05, 3.63) is 11.1 Å². The van der Waals surface area contributed by atoms with E-state index in [2.05, 4.69) is 9.98 Å². The second-order valence-electron chi connectivity index (χ2n) is 1.80. The molecule has 5 nitrogen and oxygen atoms in total. The van der Waals surface area contributed by atoms with E-state index >= 15 is 0 Å². The van der Waals surface area contributed by atoms with Crippen LogP contribution >= 0.6 is 11.3 Å². The number of hydrogen-bond donors (Lipinski definition) is 3. The molecule has 60 valence electrons. The van der Waals surface area contributed by atoms with E-state index in [1.165, 1.54) is 17.5 Å². The van der Waals surface area contributed by atoms with Crippen molar-refractivity contribution in [1.82, 2.24) is 4.98 Å². The Bertz CT molecular complexity index is 265. The van der Waals surface area contributed by atoms with Gasteiger partial charge in [0.1, 0.15) is 0 Å². The lowest BCUT2D eigenvalue weighted by Crippen LogP contribution is -2.21. The normalized spacial score (nSPS) is 9.55. The summed E-state index contributed by atoms with van der Waals surface area (Å²) in [4.78, 5) is 8.28. The van der Waals surface area contributed by atoms with Crippen LogP contribution in [0.15, 0.2) is 11.2 Å². The molecule has 1 heterocycles. The number of nitrogens with two attached hydrogens (primary N) is 2. The monoisotopic (exact) mass is 172 g/mol. The summed E-state index contributed by atoms with van der Waals surface area (Å²) in [5.74, 6) is -0.0242. The largest absolute Gasteiger partial charge is 0.391 e. The van der Waals surface area contributed by atoms with Gasteiger partial charge in [-0.15, -0.1) is 0 Å². The maximum absolute atomic E-state index is 8.64. The van der Waals surface area contributed by atoms with Crippen molar-refractivity contribution >= 4 is 22.4 Å². The fraction of sp³-hybridized carbons (Fsp3) is 0.200. The third-order valence-electron chi connectivity index (χ3n) is 0.922. The van der Waals surface area contributed by atoms with Crippen molar-refractivity contribution in [1.29, 1.82) is 0 Å². The first kappa shape index (κ1) is 7.96. The molecule has 0 fully saturated rings. The molecule has 1 rings (SSSR count). The summed E-state index contributed by atoms with van der Waals surface area (Å²) in [6.07, 6.45) is 1.53. The Balaban J connectivity index is 2.81. The van der Waals surface area contributed by atoms with E-state index in [0.717, 1.165) is 4.88 Å². The number of aliphatic hydroxyl groups is 1. The van der Waals surface area contributed by atoms with Gasteiger partial charge in [-0.25, -0.2) is 4.98 Å². The first-order valence-electron chi connectivity index (χ1n) is 2.87. The summed E-state index contributed by atoms with van der Waals surface area (Å²) in [7, 11) is 0. The van der Waals surface area contributed by atoms with Crippen molar-refractivity contribution in [2.75, 3.05) is 0 Å². The minimum Gasteiger partial charge on any atom is -0.391 e. The zero-order valence-electron chi connectivity index (χ0n) is 5.69. The fourth-order valence-electron chi connectivity index (χ4n) is 0.532. The summed E-state index contributed by atoms with van der Waals surface area (Å²) >= 11 is 1.25. The molecule has 1 aromatic heterocycles. The van der Waals surface area contributed by atoms with Crippen LogP contribution in [0.5, 0.6) is 0 Å². The number of aromatic nitrogens is 1. The van der Waals surface area contributed by atoms with Crippen LogP contribution in [0.4, 0.5) is 5.13 Å². The number of guanidine groups is 1. The van der Waals surface area contributed by atoms with Gasteiger partial charge in [0.2, 0.25) is 5.13 Å². The number of thiazole rings is 1. The van der Waals surface area contributed by atoms with Crippen molar-refractivity contribution in [3.63, 3.8) is 0 Å². The highest BCUT2D eigenvalue weighted by atomic mass is 32.1. The Morgan fingerprint density at radius 3 is 2.91 bits per heavy atom.